The number of likely N-dealkylation sites (N-methyl/N-ethyl adjacent to an activating group) is 1. The number of benzene rings is 1. The number of amides is 1. The molecule has 0 spiro atoms. The smallest absolute Gasteiger partial charge is 0.251 e. The quantitative estimate of drug-likeness (QED) is 0.840. The van der Waals surface area contributed by atoms with Crippen LogP contribution < -0.4 is 10.0 Å². The topological polar surface area (TPSA) is 78.5 Å². The maximum absolute atomic E-state index is 12.5. The van der Waals surface area contributed by atoms with Crippen LogP contribution in [-0.2, 0) is 10.0 Å². The van der Waals surface area contributed by atoms with Crippen LogP contribution in [0.2, 0.25) is 0 Å². The average molecular weight is 325 g/mol. The first-order valence-electron chi connectivity index (χ1n) is 7.36. The van der Waals surface area contributed by atoms with E-state index in [2.05, 4.69) is 14.9 Å². The van der Waals surface area contributed by atoms with Crippen LogP contribution in [0.15, 0.2) is 29.2 Å². The molecule has 122 valence electrons. The van der Waals surface area contributed by atoms with Crippen LogP contribution in [0.1, 0.15) is 29.6 Å². The standard InChI is InChI=1S/C15H23N3O3S/c1-16-15(19)11-7-9-12(10-8-11)22(20,21)17-13-5-4-6-14(13)18(2)3/h7-10,13-14,17H,4-6H2,1-3H3,(H,16,19)/t13-,14-/m1/s1. The van der Waals surface area contributed by atoms with Gasteiger partial charge in [-0.25, -0.2) is 13.1 Å². The van der Waals surface area contributed by atoms with Gasteiger partial charge in [0.25, 0.3) is 5.91 Å². The first-order chi connectivity index (χ1) is 10.3. The van der Waals surface area contributed by atoms with Crippen molar-refractivity contribution in [2.24, 2.45) is 0 Å². The molecule has 22 heavy (non-hydrogen) atoms. The molecule has 6 nitrogen and oxygen atoms in total. The van der Waals surface area contributed by atoms with Gasteiger partial charge in [0.2, 0.25) is 10.0 Å². The second-order valence-corrected chi connectivity index (χ2v) is 7.51. The molecule has 2 N–H and O–H groups in total. The van der Waals surface area contributed by atoms with E-state index in [1.54, 1.807) is 0 Å². The molecular weight excluding hydrogens is 302 g/mol. The van der Waals surface area contributed by atoms with Crippen molar-refractivity contribution in [2.45, 2.75) is 36.2 Å². The second kappa shape index (κ2) is 6.76. The minimum absolute atomic E-state index is 0.0707. The van der Waals surface area contributed by atoms with Gasteiger partial charge in [-0.2, -0.15) is 0 Å². The van der Waals surface area contributed by atoms with Gasteiger partial charge in [-0.15, -0.1) is 0 Å². The van der Waals surface area contributed by atoms with E-state index in [0.29, 0.717) is 5.56 Å². The van der Waals surface area contributed by atoms with Gasteiger partial charge < -0.3 is 10.2 Å². The van der Waals surface area contributed by atoms with E-state index >= 15 is 0 Å². The number of nitrogens with one attached hydrogen (secondary N) is 2. The average Bonchev–Trinajstić information content (AvgIpc) is 2.94. The van der Waals surface area contributed by atoms with Crippen molar-refractivity contribution in [3.05, 3.63) is 29.8 Å². The van der Waals surface area contributed by atoms with Gasteiger partial charge in [-0.1, -0.05) is 6.42 Å². The van der Waals surface area contributed by atoms with Crippen LogP contribution in [0.4, 0.5) is 0 Å². The molecule has 7 heteroatoms. The molecule has 0 radical (unpaired) electrons. The summed E-state index contributed by atoms with van der Waals surface area (Å²) in [5, 5.41) is 2.51. The fraction of sp³-hybridized carbons (Fsp3) is 0.533. The lowest BCUT2D eigenvalue weighted by molar-refractivity contribution is 0.0963. The third kappa shape index (κ3) is 3.66. The Morgan fingerprint density at radius 1 is 1.18 bits per heavy atom. The number of hydrogen-bond donors (Lipinski definition) is 2. The first-order valence-corrected chi connectivity index (χ1v) is 8.84. The Kier molecular flexibility index (Phi) is 5.20. The summed E-state index contributed by atoms with van der Waals surface area (Å²) in [7, 11) is 1.91. The van der Waals surface area contributed by atoms with Gasteiger partial charge >= 0.3 is 0 Å². The summed E-state index contributed by atoms with van der Waals surface area (Å²) in [6, 6.07) is 6.12. The predicted molar refractivity (Wildman–Crippen MR) is 85.3 cm³/mol. The summed E-state index contributed by atoms with van der Waals surface area (Å²) >= 11 is 0. The van der Waals surface area contributed by atoms with E-state index in [1.807, 2.05) is 14.1 Å². The van der Waals surface area contributed by atoms with Gasteiger partial charge in [0.1, 0.15) is 0 Å². The van der Waals surface area contributed by atoms with Crippen LogP contribution in [0.5, 0.6) is 0 Å². The second-order valence-electron chi connectivity index (χ2n) is 5.79. The zero-order valence-electron chi connectivity index (χ0n) is 13.2. The predicted octanol–water partition coefficient (Wildman–Crippen LogP) is 0.807. The third-order valence-corrected chi connectivity index (χ3v) is 5.61. The number of carbonyl (C=O) groups excluding carboxylic acids is 1. The molecule has 0 saturated heterocycles. The van der Waals surface area contributed by atoms with Crippen LogP contribution in [0, 0.1) is 0 Å². The summed E-state index contributed by atoms with van der Waals surface area (Å²) in [6.07, 6.45) is 2.86. The maximum atomic E-state index is 12.5. The third-order valence-electron chi connectivity index (χ3n) is 4.10. The van der Waals surface area contributed by atoms with E-state index in [0.717, 1.165) is 19.3 Å². The summed E-state index contributed by atoms with van der Waals surface area (Å²) < 4.78 is 27.7. The fourth-order valence-electron chi connectivity index (χ4n) is 2.89. The van der Waals surface area contributed by atoms with E-state index in [9.17, 15) is 13.2 Å². The van der Waals surface area contributed by atoms with Crippen molar-refractivity contribution < 1.29 is 13.2 Å². The maximum Gasteiger partial charge on any atom is 0.251 e. The monoisotopic (exact) mass is 325 g/mol. The van der Waals surface area contributed by atoms with Crippen LogP contribution in [0.25, 0.3) is 0 Å². The van der Waals surface area contributed by atoms with E-state index in [-0.39, 0.29) is 22.9 Å². The number of nitrogens with zero attached hydrogens (tertiary/aromatic N) is 1. The molecule has 0 aliphatic heterocycles. The molecule has 2 rings (SSSR count). The Bertz CT molecular complexity index is 626. The first kappa shape index (κ1) is 16.9. The highest BCUT2D eigenvalue weighted by atomic mass is 32.2. The van der Waals surface area contributed by atoms with E-state index in [4.69, 9.17) is 0 Å². The van der Waals surface area contributed by atoms with Crippen LogP contribution in [-0.4, -0.2) is 52.5 Å². The zero-order valence-corrected chi connectivity index (χ0v) is 14.0. The molecule has 0 unspecified atom stereocenters. The minimum atomic E-state index is -3.57. The normalized spacial score (nSPS) is 22.0. The fourth-order valence-corrected chi connectivity index (χ4v) is 4.20. The van der Waals surface area contributed by atoms with Gasteiger partial charge in [0, 0.05) is 24.7 Å². The molecule has 0 bridgehead atoms. The highest BCUT2D eigenvalue weighted by Crippen LogP contribution is 2.24. The molecule has 1 aromatic carbocycles. The number of hydrogen-bond acceptors (Lipinski definition) is 4. The van der Waals surface area contributed by atoms with Crippen molar-refractivity contribution in [1.29, 1.82) is 0 Å². The lowest BCUT2D eigenvalue weighted by atomic mass is 10.2. The van der Waals surface area contributed by atoms with Gasteiger partial charge in [-0.05, 0) is 51.2 Å². The van der Waals surface area contributed by atoms with Crippen LogP contribution in [0.3, 0.4) is 0 Å². The molecular formula is C15H23N3O3S. The Morgan fingerprint density at radius 3 is 2.36 bits per heavy atom. The molecule has 1 aromatic rings. The molecule has 1 amide bonds. The summed E-state index contributed by atoms with van der Waals surface area (Å²) in [4.78, 5) is 13.7. The highest BCUT2D eigenvalue weighted by molar-refractivity contribution is 7.89. The minimum Gasteiger partial charge on any atom is -0.355 e. The van der Waals surface area contributed by atoms with Gasteiger partial charge in [0.15, 0.2) is 0 Å². The molecule has 1 fully saturated rings. The molecule has 1 aliphatic rings. The van der Waals surface area contributed by atoms with Crippen molar-refractivity contribution in [1.82, 2.24) is 14.9 Å². The number of sulfonamides is 1. The molecule has 0 heterocycles. The number of rotatable bonds is 5. The lowest BCUT2D eigenvalue weighted by Gasteiger charge is -2.26. The molecule has 1 saturated carbocycles. The van der Waals surface area contributed by atoms with Crippen molar-refractivity contribution >= 4 is 15.9 Å². The number of carbonyl (C=O) groups is 1. The van der Waals surface area contributed by atoms with Gasteiger partial charge in [-0.3, -0.25) is 4.79 Å². The van der Waals surface area contributed by atoms with E-state index < -0.39 is 10.0 Å². The summed E-state index contributed by atoms with van der Waals surface area (Å²) in [6.45, 7) is 0. The Hall–Kier alpha value is -1.44. The summed E-state index contributed by atoms with van der Waals surface area (Å²) in [5.74, 6) is -0.236. The SMILES string of the molecule is CNC(=O)c1ccc(S(=O)(=O)N[C@@H]2CCC[C@H]2N(C)C)cc1. The highest BCUT2D eigenvalue weighted by Gasteiger charge is 2.32. The van der Waals surface area contributed by atoms with Crippen LogP contribution >= 0.6 is 0 Å². The van der Waals surface area contributed by atoms with Crippen molar-refractivity contribution in [3.63, 3.8) is 0 Å². The Morgan fingerprint density at radius 2 is 1.82 bits per heavy atom. The zero-order chi connectivity index (χ0) is 16.3. The largest absolute Gasteiger partial charge is 0.355 e. The van der Waals surface area contributed by atoms with E-state index in [1.165, 1.54) is 31.3 Å². The van der Waals surface area contributed by atoms with Crippen molar-refractivity contribution in [3.8, 4) is 0 Å². The summed E-state index contributed by atoms with van der Waals surface area (Å²) in [5.41, 5.74) is 0.438. The van der Waals surface area contributed by atoms with Gasteiger partial charge in [0.05, 0.1) is 4.90 Å². The molecule has 2 atom stereocenters. The molecule has 0 aromatic heterocycles. The molecule has 1 aliphatic carbocycles. The Balaban J connectivity index is 2.15. The van der Waals surface area contributed by atoms with Crippen molar-refractivity contribution in [2.75, 3.05) is 21.1 Å². The Labute approximate surface area is 131 Å². The lowest BCUT2D eigenvalue weighted by Crippen LogP contribution is -2.45.